The van der Waals surface area contributed by atoms with Crippen molar-refractivity contribution in [2.75, 3.05) is 34.9 Å². The topological polar surface area (TPSA) is 48.0 Å². The maximum Gasteiger partial charge on any atom is 0.226 e. The third-order valence-electron chi connectivity index (χ3n) is 4.13. The number of ether oxygens (including phenoxy) is 3. The van der Waals surface area contributed by atoms with Crippen LogP contribution >= 0.6 is 0 Å². The molecule has 6 heteroatoms. The van der Waals surface area contributed by atoms with Gasteiger partial charge in [-0.05, 0) is 41.8 Å². The molecule has 0 aliphatic heterocycles. The number of carbonyl (C=O) groups is 1. The molecule has 2 rings (SSSR count). The molecule has 0 aromatic heterocycles. The standard InChI is InChI=1S/C20H24FNO4/c1-22(19(23)13-14-6-5-7-16(21)10-14)9-8-15-11-17(24-2)20(26-4)18(12-15)25-3/h5-7,10-12H,8-9,13H2,1-4H3. The average Bonchev–Trinajstić information content (AvgIpc) is 2.64. The summed E-state index contributed by atoms with van der Waals surface area (Å²) in [6.07, 6.45) is 0.797. The van der Waals surface area contributed by atoms with Crippen LogP contribution in [0.5, 0.6) is 17.2 Å². The highest BCUT2D eigenvalue weighted by Crippen LogP contribution is 2.38. The molecule has 0 saturated heterocycles. The summed E-state index contributed by atoms with van der Waals surface area (Å²) in [6, 6.07) is 9.83. The summed E-state index contributed by atoms with van der Waals surface area (Å²) in [5.41, 5.74) is 1.62. The molecule has 0 heterocycles. The van der Waals surface area contributed by atoms with Crippen molar-refractivity contribution in [3.8, 4) is 17.2 Å². The van der Waals surface area contributed by atoms with Crippen LogP contribution in [-0.4, -0.2) is 45.7 Å². The second kappa shape index (κ2) is 9.08. The Kier molecular flexibility index (Phi) is 6.83. The van der Waals surface area contributed by atoms with Crippen LogP contribution in [0.25, 0.3) is 0 Å². The van der Waals surface area contributed by atoms with Gasteiger partial charge in [0.2, 0.25) is 11.7 Å². The van der Waals surface area contributed by atoms with E-state index in [0.717, 1.165) is 5.56 Å². The lowest BCUT2D eigenvalue weighted by Gasteiger charge is -2.19. The number of nitrogens with zero attached hydrogens (tertiary/aromatic N) is 1. The first-order valence-electron chi connectivity index (χ1n) is 8.25. The zero-order valence-electron chi connectivity index (χ0n) is 15.5. The van der Waals surface area contributed by atoms with Crippen molar-refractivity contribution in [3.63, 3.8) is 0 Å². The summed E-state index contributed by atoms with van der Waals surface area (Å²) in [4.78, 5) is 14.0. The molecule has 26 heavy (non-hydrogen) atoms. The predicted molar refractivity (Wildman–Crippen MR) is 97.5 cm³/mol. The molecule has 0 N–H and O–H groups in total. The average molecular weight is 361 g/mol. The largest absolute Gasteiger partial charge is 0.493 e. The predicted octanol–water partition coefficient (Wildman–Crippen LogP) is 3.10. The van der Waals surface area contributed by atoms with Crippen LogP contribution in [-0.2, 0) is 17.6 Å². The zero-order valence-corrected chi connectivity index (χ0v) is 15.5. The minimum Gasteiger partial charge on any atom is -0.493 e. The third kappa shape index (κ3) is 4.88. The van der Waals surface area contributed by atoms with Gasteiger partial charge in [-0.2, -0.15) is 0 Å². The normalized spacial score (nSPS) is 10.3. The first kappa shape index (κ1) is 19.6. The van der Waals surface area contributed by atoms with E-state index < -0.39 is 0 Å². The molecule has 0 atom stereocenters. The van der Waals surface area contributed by atoms with Crippen LogP contribution in [0.4, 0.5) is 4.39 Å². The molecular formula is C20H24FNO4. The van der Waals surface area contributed by atoms with Gasteiger partial charge >= 0.3 is 0 Å². The number of rotatable bonds is 8. The van der Waals surface area contributed by atoms with E-state index in [1.54, 1.807) is 45.4 Å². The molecule has 0 fully saturated rings. The summed E-state index contributed by atoms with van der Waals surface area (Å²) in [6.45, 7) is 0.521. The van der Waals surface area contributed by atoms with E-state index in [9.17, 15) is 9.18 Å². The van der Waals surface area contributed by atoms with Crippen LogP contribution in [0, 0.1) is 5.82 Å². The lowest BCUT2D eigenvalue weighted by Crippen LogP contribution is -2.30. The summed E-state index contributed by atoms with van der Waals surface area (Å²) < 4.78 is 29.2. The summed E-state index contributed by atoms with van der Waals surface area (Å²) in [5, 5.41) is 0. The molecule has 0 aliphatic rings. The Morgan fingerprint density at radius 1 is 1.00 bits per heavy atom. The van der Waals surface area contributed by atoms with Gasteiger partial charge in [0, 0.05) is 13.6 Å². The molecular weight excluding hydrogens is 337 g/mol. The smallest absolute Gasteiger partial charge is 0.226 e. The second-order valence-corrected chi connectivity index (χ2v) is 5.91. The van der Waals surface area contributed by atoms with Crippen LogP contribution in [0.2, 0.25) is 0 Å². The quantitative estimate of drug-likeness (QED) is 0.725. The zero-order chi connectivity index (χ0) is 19.1. The maximum absolute atomic E-state index is 13.2. The highest BCUT2D eigenvalue weighted by atomic mass is 19.1. The van der Waals surface area contributed by atoms with Crippen molar-refractivity contribution >= 4 is 5.91 Å². The number of likely N-dealkylation sites (N-methyl/N-ethyl adjacent to an activating group) is 1. The Bertz CT molecular complexity index is 738. The Morgan fingerprint density at radius 2 is 1.65 bits per heavy atom. The number of hydrogen-bond donors (Lipinski definition) is 0. The lowest BCUT2D eigenvalue weighted by molar-refractivity contribution is -0.129. The van der Waals surface area contributed by atoms with Crippen molar-refractivity contribution in [2.45, 2.75) is 12.8 Å². The van der Waals surface area contributed by atoms with Gasteiger partial charge < -0.3 is 19.1 Å². The van der Waals surface area contributed by atoms with E-state index in [0.29, 0.717) is 35.8 Å². The van der Waals surface area contributed by atoms with Crippen LogP contribution in [0.1, 0.15) is 11.1 Å². The number of amides is 1. The molecule has 0 saturated carbocycles. The van der Waals surface area contributed by atoms with E-state index in [1.165, 1.54) is 12.1 Å². The third-order valence-corrected chi connectivity index (χ3v) is 4.13. The molecule has 5 nitrogen and oxygen atoms in total. The van der Waals surface area contributed by atoms with Gasteiger partial charge in [-0.25, -0.2) is 4.39 Å². The van der Waals surface area contributed by atoms with Gasteiger partial charge in [0.25, 0.3) is 0 Å². The summed E-state index contributed by atoms with van der Waals surface area (Å²) in [5.74, 6) is 1.29. The van der Waals surface area contributed by atoms with Gasteiger partial charge in [0.15, 0.2) is 11.5 Å². The van der Waals surface area contributed by atoms with E-state index in [4.69, 9.17) is 14.2 Å². The number of benzene rings is 2. The first-order chi connectivity index (χ1) is 12.5. The molecule has 0 radical (unpaired) electrons. The monoisotopic (exact) mass is 361 g/mol. The minimum absolute atomic E-state index is 0.0666. The molecule has 2 aromatic carbocycles. The fourth-order valence-corrected chi connectivity index (χ4v) is 2.66. The molecule has 0 unspecified atom stereocenters. The molecule has 2 aromatic rings. The molecule has 140 valence electrons. The number of carbonyl (C=O) groups excluding carboxylic acids is 1. The summed E-state index contributed by atoms with van der Waals surface area (Å²) in [7, 11) is 6.42. The Morgan fingerprint density at radius 3 is 2.19 bits per heavy atom. The van der Waals surface area contributed by atoms with Crippen LogP contribution in [0.15, 0.2) is 36.4 Å². The van der Waals surface area contributed by atoms with Crippen molar-refractivity contribution < 1.29 is 23.4 Å². The van der Waals surface area contributed by atoms with Crippen molar-refractivity contribution in [2.24, 2.45) is 0 Å². The van der Waals surface area contributed by atoms with Crippen molar-refractivity contribution in [1.29, 1.82) is 0 Å². The van der Waals surface area contributed by atoms with Crippen molar-refractivity contribution in [3.05, 3.63) is 53.3 Å². The van der Waals surface area contributed by atoms with E-state index >= 15 is 0 Å². The molecule has 1 amide bonds. The number of hydrogen-bond acceptors (Lipinski definition) is 4. The van der Waals surface area contributed by atoms with Crippen molar-refractivity contribution in [1.82, 2.24) is 4.90 Å². The van der Waals surface area contributed by atoms with Gasteiger partial charge in [-0.1, -0.05) is 12.1 Å². The van der Waals surface area contributed by atoms with E-state index in [-0.39, 0.29) is 18.1 Å². The second-order valence-electron chi connectivity index (χ2n) is 5.91. The van der Waals surface area contributed by atoms with Gasteiger partial charge in [0.05, 0.1) is 27.8 Å². The Balaban J connectivity index is 2.02. The fourth-order valence-electron chi connectivity index (χ4n) is 2.66. The Labute approximate surface area is 153 Å². The molecule has 0 spiro atoms. The lowest BCUT2D eigenvalue weighted by atomic mass is 10.1. The van der Waals surface area contributed by atoms with Crippen LogP contribution in [0.3, 0.4) is 0 Å². The van der Waals surface area contributed by atoms with Gasteiger partial charge in [0.1, 0.15) is 5.82 Å². The summed E-state index contributed by atoms with van der Waals surface area (Å²) >= 11 is 0. The number of methoxy groups -OCH3 is 3. The fraction of sp³-hybridized carbons (Fsp3) is 0.350. The van der Waals surface area contributed by atoms with Gasteiger partial charge in [-0.3, -0.25) is 4.79 Å². The molecule has 0 aliphatic carbocycles. The van der Waals surface area contributed by atoms with E-state index in [1.807, 2.05) is 12.1 Å². The SMILES string of the molecule is COc1cc(CCN(C)C(=O)Cc2cccc(F)c2)cc(OC)c1OC. The van der Waals surface area contributed by atoms with Gasteiger partial charge in [-0.15, -0.1) is 0 Å². The first-order valence-corrected chi connectivity index (χ1v) is 8.25. The minimum atomic E-state index is -0.338. The molecule has 0 bridgehead atoms. The van der Waals surface area contributed by atoms with Crippen LogP contribution < -0.4 is 14.2 Å². The van der Waals surface area contributed by atoms with E-state index in [2.05, 4.69) is 0 Å². The highest BCUT2D eigenvalue weighted by Gasteiger charge is 2.15. The highest BCUT2D eigenvalue weighted by molar-refractivity contribution is 5.78. The Hall–Kier alpha value is -2.76. The number of halogens is 1. The maximum atomic E-state index is 13.2.